The van der Waals surface area contributed by atoms with Gasteiger partial charge in [-0.2, -0.15) is 5.10 Å². The summed E-state index contributed by atoms with van der Waals surface area (Å²) in [5.74, 6) is 0.423. The Labute approximate surface area is 82.3 Å². The van der Waals surface area contributed by atoms with Crippen molar-refractivity contribution < 1.29 is 14.6 Å². The molecule has 78 valence electrons. The third-order valence-electron chi connectivity index (χ3n) is 1.95. The van der Waals surface area contributed by atoms with Crippen molar-refractivity contribution in [3.05, 3.63) is 11.9 Å². The highest BCUT2D eigenvalue weighted by atomic mass is 16.5. The second-order valence-corrected chi connectivity index (χ2v) is 2.94. The maximum atomic E-state index is 11.6. The van der Waals surface area contributed by atoms with Crippen molar-refractivity contribution in [3.63, 3.8) is 0 Å². The Balaban J connectivity index is 2.82. The number of aryl methyl sites for hydroxylation is 1. The fourth-order valence-electron chi connectivity index (χ4n) is 1.24. The number of carbonyl (C=O) groups is 1. The zero-order chi connectivity index (χ0) is 10.6. The number of ether oxygens (including phenoxy) is 1. The number of aromatic nitrogens is 2. The van der Waals surface area contributed by atoms with Crippen molar-refractivity contribution in [2.75, 3.05) is 13.7 Å². The van der Waals surface area contributed by atoms with Gasteiger partial charge in [-0.3, -0.25) is 9.48 Å². The van der Waals surface area contributed by atoms with E-state index >= 15 is 0 Å². The van der Waals surface area contributed by atoms with Gasteiger partial charge in [0.15, 0.2) is 11.5 Å². The molecule has 1 aromatic heterocycles. The Morgan fingerprint density at radius 1 is 1.71 bits per heavy atom. The van der Waals surface area contributed by atoms with Crippen molar-refractivity contribution >= 4 is 5.78 Å². The molecule has 5 heteroatoms. The molecule has 0 aliphatic carbocycles. The summed E-state index contributed by atoms with van der Waals surface area (Å²) in [7, 11) is 3.19. The van der Waals surface area contributed by atoms with Gasteiger partial charge < -0.3 is 9.84 Å². The van der Waals surface area contributed by atoms with Crippen LogP contribution in [0.4, 0.5) is 0 Å². The minimum Gasteiger partial charge on any atom is -0.493 e. The van der Waals surface area contributed by atoms with Crippen molar-refractivity contribution in [3.8, 4) is 5.75 Å². The summed E-state index contributed by atoms with van der Waals surface area (Å²) in [5, 5.41) is 12.5. The van der Waals surface area contributed by atoms with Gasteiger partial charge in [0.05, 0.1) is 13.3 Å². The van der Waals surface area contributed by atoms with Gasteiger partial charge >= 0.3 is 0 Å². The van der Waals surface area contributed by atoms with Crippen molar-refractivity contribution in [2.45, 2.75) is 12.8 Å². The van der Waals surface area contributed by atoms with Crippen LogP contribution < -0.4 is 4.74 Å². The van der Waals surface area contributed by atoms with Crippen molar-refractivity contribution in [2.24, 2.45) is 7.05 Å². The predicted molar refractivity (Wildman–Crippen MR) is 50.4 cm³/mol. The van der Waals surface area contributed by atoms with E-state index in [0.29, 0.717) is 24.3 Å². The molecular formula is C9H14N2O3. The van der Waals surface area contributed by atoms with E-state index < -0.39 is 0 Å². The average Bonchev–Trinajstić information content (AvgIpc) is 2.56. The number of nitrogens with zero attached hydrogens (tertiary/aromatic N) is 2. The molecule has 0 unspecified atom stereocenters. The minimum atomic E-state index is -0.0594. The minimum absolute atomic E-state index is 0.0197. The molecule has 0 aromatic carbocycles. The number of methoxy groups -OCH3 is 1. The Kier molecular flexibility index (Phi) is 3.64. The fourth-order valence-corrected chi connectivity index (χ4v) is 1.24. The van der Waals surface area contributed by atoms with E-state index in [1.165, 1.54) is 18.0 Å². The first-order valence-electron chi connectivity index (χ1n) is 4.40. The maximum Gasteiger partial charge on any atom is 0.184 e. The standard InChI is InChI=1S/C9H14N2O3/c1-11-9(7(13)4-3-5-12)8(14-2)6-10-11/h6,12H,3-5H2,1-2H3. The Morgan fingerprint density at radius 2 is 2.43 bits per heavy atom. The van der Waals surface area contributed by atoms with Crippen LogP contribution in [0.15, 0.2) is 6.20 Å². The first kappa shape index (κ1) is 10.7. The van der Waals surface area contributed by atoms with Crippen LogP contribution in [0.2, 0.25) is 0 Å². The highest BCUT2D eigenvalue weighted by Crippen LogP contribution is 2.18. The fraction of sp³-hybridized carbons (Fsp3) is 0.556. The largest absolute Gasteiger partial charge is 0.493 e. The van der Waals surface area contributed by atoms with Gasteiger partial charge in [0, 0.05) is 20.1 Å². The van der Waals surface area contributed by atoms with Crippen LogP contribution >= 0.6 is 0 Å². The zero-order valence-electron chi connectivity index (χ0n) is 8.36. The van der Waals surface area contributed by atoms with Crippen molar-refractivity contribution in [1.29, 1.82) is 0 Å². The third-order valence-corrected chi connectivity index (χ3v) is 1.95. The molecule has 0 radical (unpaired) electrons. The summed E-state index contributed by atoms with van der Waals surface area (Å²) < 4.78 is 6.49. The lowest BCUT2D eigenvalue weighted by atomic mass is 10.1. The van der Waals surface area contributed by atoms with Crippen LogP contribution in [-0.4, -0.2) is 34.4 Å². The number of hydrogen-bond donors (Lipinski definition) is 1. The van der Waals surface area contributed by atoms with Gasteiger partial charge in [0.2, 0.25) is 0 Å². The van der Waals surface area contributed by atoms with E-state index in [2.05, 4.69) is 5.10 Å². The summed E-state index contributed by atoms with van der Waals surface area (Å²) in [6.07, 6.45) is 2.28. The summed E-state index contributed by atoms with van der Waals surface area (Å²) >= 11 is 0. The zero-order valence-corrected chi connectivity index (χ0v) is 8.36. The summed E-state index contributed by atoms with van der Waals surface area (Å²) in [5.41, 5.74) is 0.459. The molecule has 1 heterocycles. The first-order chi connectivity index (χ1) is 6.70. The molecule has 0 bridgehead atoms. The quantitative estimate of drug-likeness (QED) is 0.695. The molecule has 14 heavy (non-hydrogen) atoms. The Hall–Kier alpha value is -1.36. The number of carbonyl (C=O) groups excluding carboxylic acids is 1. The van der Waals surface area contributed by atoms with Crippen LogP contribution in [0.5, 0.6) is 5.75 Å². The van der Waals surface area contributed by atoms with E-state index in [-0.39, 0.29) is 12.4 Å². The van der Waals surface area contributed by atoms with Gasteiger partial charge in [-0.15, -0.1) is 0 Å². The van der Waals surface area contributed by atoms with Gasteiger partial charge in [0.1, 0.15) is 5.69 Å². The number of aliphatic hydroxyl groups excluding tert-OH is 1. The monoisotopic (exact) mass is 198 g/mol. The topological polar surface area (TPSA) is 64.4 Å². The molecule has 1 aromatic rings. The number of rotatable bonds is 5. The second kappa shape index (κ2) is 4.76. The smallest absolute Gasteiger partial charge is 0.184 e. The number of aliphatic hydroxyl groups is 1. The molecule has 0 amide bonds. The van der Waals surface area contributed by atoms with Crippen LogP contribution in [0.3, 0.4) is 0 Å². The molecule has 0 atom stereocenters. The second-order valence-electron chi connectivity index (χ2n) is 2.94. The average molecular weight is 198 g/mol. The van der Waals surface area contributed by atoms with E-state index in [0.717, 1.165) is 0 Å². The highest BCUT2D eigenvalue weighted by molar-refractivity contribution is 5.96. The SMILES string of the molecule is COc1cnn(C)c1C(=O)CCCO. The van der Waals surface area contributed by atoms with Crippen LogP contribution in [0, 0.1) is 0 Å². The molecule has 1 N–H and O–H groups in total. The first-order valence-corrected chi connectivity index (χ1v) is 4.40. The Bertz CT molecular complexity index is 320. The summed E-state index contributed by atoms with van der Waals surface area (Å²) in [6.45, 7) is 0.0197. The Morgan fingerprint density at radius 3 is 3.00 bits per heavy atom. The van der Waals surface area contributed by atoms with Crippen molar-refractivity contribution in [1.82, 2.24) is 9.78 Å². The van der Waals surface area contributed by atoms with E-state index in [1.54, 1.807) is 7.05 Å². The predicted octanol–water partition coefficient (Wildman–Crippen LogP) is 0.384. The number of hydrogen-bond acceptors (Lipinski definition) is 4. The van der Waals surface area contributed by atoms with Crippen LogP contribution in [0.25, 0.3) is 0 Å². The molecule has 0 fully saturated rings. The molecule has 0 aliphatic rings. The van der Waals surface area contributed by atoms with Crippen LogP contribution in [0.1, 0.15) is 23.3 Å². The van der Waals surface area contributed by atoms with Gasteiger partial charge in [-0.1, -0.05) is 0 Å². The molecule has 0 aliphatic heterocycles. The molecule has 1 rings (SSSR count). The maximum absolute atomic E-state index is 11.6. The van der Waals surface area contributed by atoms with Crippen LogP contribution in [-0.2, 0) is 7.05 Å². The molecule has 0 saturated carbocycles. The van der Waals surface area contributed by atoms with E-state index in [4.69, 9.17) is 9.84 Å². The lowest BCUT2D eigenvalue weighted by molar-refractivity contribution is 0.0959. The normalized spacial score (nSPS) is 10.2. The van der Waals surface area contributed by atoms with E-state index in [1.807, 2.05) is 0 Å². The molecule has 0 spiro atoms. The molecular weight excluding hydrogens is 184 g/mol. The lowest BCUT2D eigenvalue weighted by Gasteiger charge is -2.03. The third kappa shape index (κ3) is 2.11. The summed E-state index contributed by atoms with van der Waals surface area (Å²) in [4.78, 5) is 11.6. The molecule has 5 nitrogen and oxygen atoms in total. The highest BCUT2D eigenvalue weighted by Gasteiger charge is 2.16. The lowest BCUT2D eigenvalue weighted by Crippen LogP contribution is -2.08. The molecule has 0 saturated heterocycles. The number of Topliss-reactive ketones (excluding diaryl/α,β-unsaturated/α-hetero) is 1. The van der Waals surface area contributed by atoms with Gasteiger partial charge in [-0.25, -0.2) is 0 Å². The van der Waals surface area contributed by atoms with Gasteiger partial charge in [0.25, 0.3) is 0 Å². The van der Waals surface area contributed by atoms with E-state index in [9.17, 15) is 4.79 Å². The number of ketones is 1. The summed E-state index contributed by atoms with van der Waals surface area (Å²) in [6, 6.07) is 0. The van der Waals surface area contributed by atoms with Gasteiger partial charge in [-0.05, 0) is 6.42 Å².